The summed E-state index contributed by atoms with van der Waals surface area (Å²) in [6.07, 6.45) is 8.33. The average Bonchev–Trinajstić information content (AvgIpc) is 3.02. The van der Waals surface area contributed by atoms with Crippen LogP contribution < -0.4 is 5.32 Å². The quantitative estimate of drug-likeness (QED) is 0.237. The van der Waals surface area contributed by atoms with E-state index in [4.69, 9.17) is 0 Å². The van der Waals surface area contributed by atoms with E-state index >= 15 is 0 Å². The van der Waals surface area contributed by atoms with E-state index in [1.807, 2.05) is 24.3 Å². The molecular formula is C26H40N2O3S. The van der Waals surface area contributed by atoms with Crippen molar-refractivity contribution in [3.8, 4) is 11.8 Å². The summed E-state index contributed by atoms with van der Waals surface area (Å²) in [5.74, 6) is 0.719. The number of benzene rings is 1. The zero-order chi connectivity index (χ0) is 23.6. The lowest BCUT2D eigenvalue weighted by Gasteiger charge is -2.19. The molecule has 0 radical (unpaired) electrons. The number of rotatable bonds is 13. The molecule has 3 N–H and O–H groups in total. The Morgan fingerprint density at radius 1 is 1.00 bits per heavy atom. The highest BCUT2D eigenvalue weighted by atomic mass is 32.2. The van der Waals surface area contributed by atoms with Gasteiger partial charge in [-0.3, -0.25) is 9.36 Å². The Bertz CT molecular complexity index is 838. The summed E-state index contributed by atoms with van der Waals surface area (Å²) in [5.41, 5.74) is 1.90. The van der Waals surface area contributed by atoms with Gasteiger partial charge in [0.1, 0.15) is 0 Å². The van der Waals surface area contributed by atoms with Gasteiger partial charge in [0.25, 0.3) is 5.91 Å². The van der Waals surface area contributed by atoms with Gasteiger partial charge < -0.3 is 15.5 Å². The van der Waals surface area contributed by atoms with Gasteiger partial charge in [-0.1, -0.05) is 78.4 Å². The van der Waals surface area contributed by atoms with Crippen LogP contribution in [0.3, 0.4) is 0 Å². The molecule has 2 aromatic rings. The van der Waals surface area contributed by atoms with Crippen molar-refractivity contribution in [1.29, 1.82) is 0 Å². The molecule has 1 heterocycles. The number of carbonyl (C=O) groups is 1. The summed E-state index contributed by atoms with van der Waals surface area (Å²) < 4.78 is 1.57. The fourth-order valence-electron chi connectivity index (χ4n) is 3.60. The maximum Gasteiger partial charge on any atom is 0.251 e. The molecule has 0 aliphatic heterocycles. The Morgan fingerprint density at radius 3 is 2.25 bits per heavy atom. The zero-order valence-corrected chi connectivity index (χ0v) is 20.9. The molecule has 1 aromatic heterocycles. The highest BCUT2D eigenvalue weighted by Crippen LogP contribution is 2.35. The Morgan fingerprint density at radius 2 is 1.62 bits per heavy atom. The van der Waals surface area contributed by atoms with Crippen molar-refractivity contribution in [2.24, 2.45) is 0 Å². The maximum atomic E-state index is 12.4. The van der Waals surface area contributed by atoms with Gasteiger partial charge >= 0.3 is 0 Å². The number of amides is 1. The lowest BCUT2D eigenvalue weighted by atomic mass is 9.87. The topological polar surface area (TPSA) is 74.5 Å². The zero-order valence-electron chi connectivity index (χ0n) is 20.1. The van der Waals surface area contributed by atoms with E-state index in [1.54, 1.807) is 10.6 Å². The normalized spacial score (nSPS) is 11.6. The molecule has 0 fully saturated rings. The van der Waals surface area contributed by atoms with Crippen molar-refractivity contribution in [3.05, 3.63) is 41.5 Å². The van der Waals surface area contributed by atoms with Crippen LogP contribution >= 0.6 is 11.8 Å². The molecule has 0 atom stereocenters. The van der Waals surface area contributed by atoms with Crippen LogP contribution in [-0.4, -0.2) is 33.0 Å². The fourth-order valence-corrected chi connectivity index (χ4v) is 4.46. The second kappa shape index (κ2) is 12.8. The molecule has 178 valence electrons. The first-order valence-electron chi connectivity index (χ1n) is 11.9. The van der Waals surface area contributed by atoms with Gasteiger partial charge in [-0.25, -0.2) is 0 Å². The minimum Gasteiger partial charge on any atom is -0.494 e. The largest absolute Gasteiger partial charge is 0.494 e. The number of thioether (sulfide) groups is 1. The predicted octanol–water partition coefficient (Wildman–Crippen LogP) is 6.47. The molecule has 0 aliphatic carbocycles. The number of nitrogens with one attached hydrogen (secondary N) is 1. The van der Waals surface area contributed by atoms with E-state index in [2.05, 4.69) is 33.0 Å². The highest BCUT2D eigenvalue weighted by Gasteiger charge is 2.15. The molecule has 0 aliphatic rings. The molecule has 0 saturated heterocycles. The highest BCUT2D eigenvalue weighted by molar-refractivity contribution is 7.99. The van der Waals surface area contributed by atoms with Crippen LogP contribution in [-0.2, 0) is 12.0 Å². The monoisotopic (exact) mass is 460 g/mol. The number of aromatic nitrogens is 1. The first-order chi connectivity index (χ1) is 15.2. The summed E-state index contributed by atoms with van der Waals surface area (Å²) in [4.78, 5) is 13.0. The molecule has 2 rings (SSSR count). The lowest BCUT2D eigenvalue weighted by Crippen LogP contribution is -2.25. The predicted molar refractivity (Wildman–Crippen MR) is 134 cm³/mol. The molecule has 1 amide bonds. The Labute approximate surface area is 197 Å². The van der Waals surface area contributed by atoms with Crippen molar-refractivity contribution in [1.82, 2.24) is 9.88 Å². The van der Waals surface area contributed by atoms with Gasteiger partial charge in [0.2, 0.25) is 5.88 Å². The second-order valence-corrected chi connectivity index (χ2v) is 10.5. The molecule has 0 saturated carbocycles. The fraction of sp³-hybridized carbons (Fsp3) is 0.577. The Kier molecular flexibility index (Phi) is 10.5. The van der Waals surface area contributed by atoms with Crippen LogP contribution in [0.4, 0.5) is 0 Å². The van der Waals surface area contributed by atoms with Crippen LogP contribution in [0.2, 0.25) is 0 Å². The van der Waals surface area contributed by atoms with Crippen LogP contribution in [0.1, 0.15) is 88.6 Å². The number of nitrogens with zero attached hydrogens (tertiary/aromatic N) is 1. The summed E-state index contributed by atoms with van der Waals surface area (Å²) in [7, 11) is 0. The molecule has 1 aromatic carbocycles. The van der Waals surface area contributed by atoms with Gasteiger partial charge in [-0.05, 0) is 29.5 Å². The van der Waals surface area contributed by atoms with E-state index < -0.39 is 0 Å². The van der Waals surface area contributed by atoms with E-state index in [0.717, 1.165) is 12.8 Å². The number of carbonyl (C=O) groups excluding carboxylic acids is 1. The average molecular weight is 461 g/mol. The lowest BCUT2D eigenvalue weighted by molar-refractivity contribution is 0.0956. The number of hydrogen-bond acceptors (Lipinski definition) is 4. The van der Waals surface area contributed by atoms with Gasteiger partial charge in [0.15, 0.2) is 5.88 Å². The number of aromatic hydroxyl groups is 2. The summed E-state index contributed by atoms with van der Waals surface area (Å²) in [6.45, 7) is 9.75. The van der Waals surface area contributed by atoms with Crippen molar-refractivity contribution in [2.75, 3.05) is 12.3 Å². The molecule has 0 spiro atoms. The van der Waals surface area contributed by atoms with Crippen LogP contribution in [0.15, 0.2) is 35.2 Å². The molecule has 32 heavy (non-hydrogen) atoms. The second-order valence-electron chi connectivity index (χ2n) is 9.40. The molecule has 6 heteroatoms. The van der Waals surface area contributed by atoms with Crippen LogP contribution in [0, 0.1) is 0 Å². The van der Waals surface area contributed by atoms with Crippen LogP contribution in [0.5, 0.6) is 11.8 Å². The first-order valence-corrected chi connectivity index (χ1v) is 12.9. The van der Waals surface area contributed by atoms with Crippen molar-refractivity contribution >= 4 is 17.7 Å². The van der Waals surface area contributed by atoms with E-state index in [-0.39, 0.29) is 23.1 Å². The van der Waals surface area contributed by atoms with Gasteiger partial charge in [0, 0.05) is 30.5 Å². The Hall–Kier alpha value is -2.08. The van der Waals surface area contributed by atoms with E-state index in [0.29, 0.717) is 29.3 Å². The number of unbranched alkanes of at least 4 members (excludes halogenated alkanes) is 6. The first kappa shape index (κ1) is 26.2. The maximum absolute atomic E-state index is 12.4. The van der Waals surface area contributed by atoms with Gasteiger partial charge in [0.05, 0.1) is 4.90 Å². The molecule has 0 unspecified atom stereocenters. The van der Waals surface area contributed by atoms with Crippen molar-refractivity contribution < 1.29 is 15.0 Å². The third-order valence-corrected chi connectivity index (χ3v) is 6.68. The third kappa shape index (κ3) is 8.12. The summed E-state index contributed by atoms with van der Waals surface area (Å²) >= 11 is 1.43. The molecule has 0 bridgehead atoms. The Balaban J connectivity index is 1.73. The molecule has 5 nitrogen and oxygen atoms in total. The smallest absolute Gasteiger partial charge is 0.251 e. The number of hydrogen-bond donors (Lipinski definition) is 3. The standard InChI is InChI=1S/C26H40N2O3S/c1-5-6-7-8-9-10-11-17-28-23(29)19-22(25(28)31)32-18-16-27-24(30)20-12-14-21(15-13-20)26(2,3)4/h12-15,19,29,31H,5-11,16-18H2,1-4H3,(H,27,30). The minimum absolute atomic E-state index is 0.0598. The minimum atomic E-state index is -0.102. The van der Waals surface area contributed by atoms with E-state index in [1.165, 1.54) is 49.4 Å². The third-order valence-electron chi connectivity index (χ3n) is 5.66. The van der Waals surface area contributed by atoms with Crippen molar-refractivity contribution in [2.45, 2.75) is 89.5 Å². The molecular weight excluding hydrogens is 420 g/mol. The van der Waals surface area contributed by atoms with Gasteiger partial charge in [-0.15, -0.1) is 11.8 Å². The summed E-state index contributed by atoms with van der Waals surface area (Å²) in [6, 6.07) is 9.32. The summed E-state index contributed by atoms with van der Waals surface area (Å²) in [5, 5.41) is 23.6. The van der Waals surface area contributed by atoms with E-state index in [9.17, 15) is 15.0 Å². The van der Waals surface area contributed by atoms with Gasteiger partial charge in [-0.2, -0.15) is 0 Å². The SMILES string of the molecule is CCCCCCCCCn1c(O)cc(SCCNC(=O)c2ccc(C(C)(C)C)cc2)c1O. The van der Waals surface area contributed by atoms with Crippen molar-refractivity contribution in [3.63, 3.8) is 0 Å². The van der Waals surface area contributed by atoms with Crippen LogP contribution in [0.25, 0.3) is 0 Å².